The van der Waals surface area contributed by atoms with Crippen molar-refractivity contribution < 1.29 is 4.79 Å². The van der Waals surface area contributed by atoms with Crippen LogP contribution in [0.15, 0.2) is 60.2 Å². The van der Waals surface area contributed by atoms with Gasteiger partial charge in [-0.05, 0) is 60.0 Å². The third-order valence-electron chi connectivity index (χ3n) is 2.94. The molecule has 0 aromatic heterocycles. The Morgan fingerprint density at radius 2 is 1.33 bits per heavy atom. The average molecular weight is 317 g/mol. The molecule has 0 radical (unpaired) electrons. The van der Waals surface area contributed by atoms with Gasteiger partial charge in [-0.15, -0.1) is 0 Å². The third-order valence-corrected chi connectivity index (χ3v) is 3.44. The van der Waals surface area contributed by atoms with Crippen LogP contribution in [-0.4, -0.2) is 5.78 Å². The summed E-state index contributed by atoms with van der Waals surface area (Å²) in [6.07, 6.45) is 5.17. The summed E-state index contributed by atoms with van der Waals surface area (Å²) in [6.45, 7) is 1.79. The van der Waals surface area contributed by atoms with E-state index in [0.717, 1.165) is 11.1 Å². The Bertz CT molecular complexity index is 680. The molecule has 1 nitrogen and oxygen atoms in total. The highest BCUT2D eigenvalue weighted by Crippen LogP contribution is 2.14. The second-order valence-corrected chi connectivity index (χ2v) is 5.50. The molecule has 0 aliphatic carbocycles. The van der Waals surface area contributed by atoms with Gasteiger partial charge in [0.25, 0.3) is 0 Å². The van der Waals surface area contributed by atoms with E-state index in [2.05, 4.69) is 0 Å². The largest absolute Gasteiger partial charge is 0.290 e. The van der Waals surface area contributed by atoms with Crippen LogP contribution in [0.3, 0.4) is 0 Å². The Kier molecular flexibility index (Phi) is 5.38. The predicted molar refractivity (Wildman–Crippen MR) is 90.6 cm³/mol. The highest BCUT2D eigenvalue weighted by Gasteiger charge is 2.00. The van der Waals surface area contributed by atoms with E-state index >= 15 is 0 Å². The zero-order valence-corrected chi connectivity index (χ0v) is 13.0. The summed E-state index contributed by atoms with van der Waals surface area (Å²) < 4.78 is 0. The molecule has 0 amide bonds. The fourth-order valence-corrected chi connectivity index (χ4v) is 2.01. The van der Waals surface area contributed by atoms with Gasteiger partial charge in [0.1, 0.15) is 0 Å². The van der Waals surface area contributed by atoms with Crippen LogP contribution in [0.5, 0.6) is 0 Å². The van der Waals surface area contributed by atoms with Crippen LogP contribution < -0.4 is 0 Å². The molecule has 0 aliphatic rings. The maximum atomic E-state index is 12.0. The summed E-state index contributed by atoms with van der Waals surface area (Å²) in [4.78, 5) is 12.0. The van der Waals surface area contributed by atoms with Crippen molar-refractivity contribution in [1.29, 1.82) is 0 Å². The quantitative estimate of drug-likeness (QED) is 0.663. The summed E-state index contributed by atoms with van der Waals surface area (Å²) in [5.74, 6) is -0.0279. The van der Waals surface area contributed by atoms with Crippen molar-refractivity contribution in [3.05, 3.63) is 81.4 Å². The van der Waals surface area contributed by atoms with Crippen LogP contribution in [0.4, 0.5) is 0 Å². The first-order valence-electron chi connectivity index (χ1n) is 6.46. The number of ketones is 1. The minimum absolute atomic E-state index is 0.0279. The molecule has 2 rings (SSSR count). The van der Waals surface area contributed by atoms with Crippen molar-refractivity contribution in [3.8, 4) is 0 Å². The molecule has 0 bridgehead atoms. The van der Waals surface area contributed by atoms with Crippen LogP contribution in [-0.2, 0) is 4.79 Å². The molecule has 0 aliphatic heterocycles. The monoisotopic (exact) mass is 316 g/mol. The van der Waals surface area contributed by atoms with Crippen LogP contribution in [0, 0.1) is 0 Å². The van der Waals surface area contributed by atoms with Crippen LogP contribution >= 0.6 is 23.2 Å². The number of carbonyl (C=O) groups is 1. The lowest BCUT2D eigenvalue weighted by atomic mass is 10.1. The molecule has 0 unspecified atom stereocenters. The van der Waals surface area contributed by atoms with Crippen molar-refractivity contribution in [2.75, 3.05) is 0 Å². The van der Waals surface area contributed by atoms with Crippen LogP contribution in [0.25, 0.3) is 12.2 Å². The zero-order valence-electron chi connectivity index (χ0n) is 11.5. The smallest absolute Gasteiger partial charge is 0.181 e. The number of halogens is 2. The second kappa shape index (κ2) is 7.26. The fourth-order valence-electron chi connectivity index (χ4n) is 1.76. The topological polar surface area (TPSA) is 17.1 Å². The molecule has 2 aromatic carbocycles. The maximum absolute atomic E-state index is 12.0. The number of rotatable bonds is 4. The standard InChI is InChI=1S/C18H14Cl2O/c1-13(12-15-4-9-17(20)10-5-15)18(21)11-6-14-2-7-16(19)8-3-14/h2-12H,1H3/b11-6+,13-12+. The lowest BCUT2D eigenvalue weighted by molar-refractivity contribution is -0.111. The molecule has 0 saturated heterocycles. The number of carbonyl (C=O) groups excluding carboxylic acids is 1. The highest BCUT2D eigenvalue weighted by molar-refractivity contribution is 6.30. The molecule has 21 heavy (non-hydrogen) atoms. The highest BCUT2D eigenvalue weighted by atomic mass is 35.5. The molecule has 0 saturated carbocycles. The van der Waals surface area contributed by atoms with Gasteiger partial charge in [-0.1, -0.05) is 53.5 Å². The summed E-state index contributed by atoms with van der Waals surface area (Å²) in [5.41, 5.74) is 2.56. The van der Waals surface area contributed by atoms with Gasteiger partial charge in [0, 0.05) is 10.0 Å². The van der Waals surface area contributed by atoms with Gasteiger partial charge >= 0.3 is 0 Å². The predicted octanol–water partition coefficient (Wildman–Crippen LogP) is 5.68. The molecular formula is C18H14Cl2O. The first kappa shape index (κ1) is 15.6. The molecular weight excluding hydrogens is 303 g/mol. The lowest BCUT2D eigenvalue weighted by Crippen LogP contribution is -1.93. The van der Waals surface area contributed by atoms with Gasteiger partial charge in [0.2, 0.25) is 0 Å². The van der Waals surface area contributed by atoms with Crippen molar-refractivity contribution in [2.45, 2.75) is 6.92 Å². The minimum Gasteiger partial charge on any atom is -0.290 e. The molecule has 0 N–H and O–H groups in total. The lowest BCUT2D eigenvalue weighted by Gasteiger charge is -1.98. The Morgan fingerprint density at radius 1 is 0.857 bits per heavy atom. The number of allylic oxidation sites excluding steroid dienone is 2. The molecule has 0 spiro atoms. The summed E-state index contributed by atoms with van der Waals surface area (Å²) in [6, 6.07) is 14.7. The number of hydrogen-bond acceptors (Lipinski definition) is 1. The molecule has 0 atom stereocenters. The van der Waals surface area contributed by atoms with Gasteiger partial charge in [-0.3, -0.25) is 4.79 Å². The fraction of sp³-hybridized carbons (Fsp3) is 0.0556. The summed E-state index contributed by atoms with van der Waals surface area (Å²) >= 11 is 11.6. The third kappa shape index (κ3) is 4.89. The first-order valence-corrected chi connectivity index (χ1v) is 7.22. The van der Waals surface area contributed by atoms with Crippen molar-refractivity contribution >= 4 is 41.1 Å². The van der Waals surface area contributed by atoms with E-state index in [-0.39, 0.29) is 5.78 Å². The van der Waals surface area contributed by atoms with Gasteiger partial charge in [-0.2, -0.15) is 0 Å². The van der Waals surface area contributed by atoms with Crippen molar-refractivity contribution in [1.82, 2.24) is 0 Å². The molecule has 3 heteroatoms. The zero-order chi connectivity index (χ0) is 15.2. The van der Waals surface area contributed by atoms with Crippen LogP contribution in [0.2, 0.25) is 10.0 Å². The summed E-state index contributed by atoms with van der Waals surface area (Å²) in [5, 5.41) is 1.36. The van der Waals surface area contributed by atoms with E-state index in [4.69, 9.17) is 23.2 Å². The Balaban J connectivity index is 2.08. The minimum atomic E-state index is -0.0279. The van der Waals surface area contributed by atoms with Gasteiger partial charge < -0.3 is 0 Å². The van der Waals surface area contributed by atoms with Crippen LogP contribution in [0.1, 0.15) is 18.1 Å². The van der Waals surface area contributed by atoms with Gasteiger partial charge in [-0.25, -0.2) is 0 Å². The van der Waals surface area contributed by atoms with Gasteiger partial charge in [0.05, 0.1) is 0 Å². The van der Waals surface area contributed by atoms with E-state index in [9.17, 15) is 4.79 Å². The average Bonchev–Trinajstić information content (AvgIpc) is 2.48. The van der Waals surface area contributed by atoms with Gasteiger partial charge in [0.15, 0.2) is 5.78 Å². The van der Waals surface area contributed by atoms with Crippen molar-refractivity contribution in [2.24, 2.45) is 0 Å². The Labute approximate surface area is 134 Å². The normalized spacial score (nSPS) is 11.9. The first-order chi connectivity index (χ1) is 10.0. The van der Waals surface area contributed by atoms with E-state index < -0.39 is 0 Å². The van der Waals surface area contributed by atoms with Crippen molar-refractivity contribution in [3.63, 3.8) is 0 Å². The molecule has 2 aromatic rings. The Hall–Kier alpha value is -1.83. The second-order valence-electron chi connectivity index (χ2n) is 4.63. The Morgan fingerprint density at radius 3 is 1.86 bits per heavy atom. The SMILES string of the molecule is C/C(=C\c1ccc(Cl)cc1)C(=O)/C=C/c1ccc(Cl)cc1. The maximum Gasteiger partial charge on any atom is 0.181 e. The number of benzene rings is 2. The van der Waals surface area contributed by atoms with E-state index in [1.165, 1.54) is 0 Å². The van der Waals surface area contributed by atoms with E-state index in [0.29, 0.717) is 15.6 Å². The number of hydrogen-bond donors (Lipinski definition) is 0. The van der Waals surface area contributed by atoms with E-state index in [1.54, 1.807) is 43.3 Å². The summed E-state index contributed by atoms with van der Waals surface area (Å²) in [7, 11) is 0. The molecule has 0 heterocycles. The van der Waals surface area contributed by atoms with E-state index in [1.807, 2.05) is 30.3 Å². The molecule has 0 fully saturated rings. The molecule has 106 valence electrons.